The van der Waals surface area contributed by atoms with E-state index in [4.69, 9.17) is 4.52 Å². The van der Waals surface area contributed by atoms with Gasteiger partial charge >= 0.3 is 6.03 Å². The van der Waals surface area contributed by atoms with Gasteiger partial charge in [-0.1, -0.05) is 35.0 Å². The minimum atomic E-state index is -0.328. The molecule has 0 saturated heterocycles. The fraction of sp³-hybridized carbons (Fsp3) is 0.111. The van der Waals surface area contributed by atoms with Crippen molar-refractivity contribution >= 4 is 17.4 Å². The van der Waals surface area contributed by atoms with Crippen molar-refractivity contribution in [2.75, 3.05) is 10.6 Å². The Hall–Kier alpha value is -4.79. The summed E-state index contributed by atoms with van der Waals surface area (Å²) in [6, 6.07) is 19.0. The van der Waals surface area contributed by atoms with Crippen LogP contribution < -0.4 is 10.6 Å². The summed E-state index contributed by atoms with van der Waals surface area (Å²) in [5, 5.41) is 9.68. The Bertz CT molecular complexity index is 1510. The molecular weight excluding hydrogens is 459 g/mol. The molecule has 9 heteroatoms. The molecule has 0 radical (unpaired) electrons. The standard InChI is InChI=1S/C27H23FN6O2/c1-17-3-12-23(18(2)13-17)31-27(35)30-22-10-4-19(5-11-22)14-34-15-24(29-16-34)26-32-25(33-36-26)20-6-8-21(28)9-7-20/h3-13,15-16H,14H2,1-2H3,(H2,30,31,35). The number of urea groups is 1. The van der Waals surface area contributed by atoms with Crippen LogP contribution in [0.2, 0.25) is 0 Å². The number of amides is 2. The molecule has 36 heavy (non-hydrogen) atoms. The number of anilines is 2. The molecule has 0 unspecified atom stereocenters. The number of halogens is 1. The monoisotopic (exact) mass is 482 g/mol. The van der Waals surface area contributed by atoms with E-state index in [1.165, 1.54) is 12.1 Å². The van der Waals surface area contributed by atoms with Crippen molar-refractivity contribution in [1.82, 2.24) is 19.7 Å². The molecule has 2 heterocycles. The first kappa shape index (κ1) is 23.0. The maximum absolute atomic E-state index is 13.1. The number of imidazole rings is 1. The van der Waals surface area contributed by atoms with E-state index in [-0.39, 0.29) is 17.7 Å². The van der Waals surface area contributed by atoms with Crippen LogP contribution in [0.4, 0.5) is 20.6 Å². The summed E-state index contributed by atoms with van der Waals surface area (Å²) in [4.78, 5) is 21.1. The molecule has 0 atom stereocenters. The summed E-state index contributed by atoms with van der Waals surface area (Å²) in [7, 11) is 0. The first-order valence-electron chi connectivity index (χ1n) is 11.3. The summed E-state index contributed by atoms with van der Waals surface area (Å²) in [6.07, 6.45) is 3.49. The molecule has 0 fully saturated rings. The molecule has 0 saturated carbocycles. The van der Waals surface area contributed by atoms with E-state index >= 15 is 0 Å². The van der Waals surface area contributed by atoms with E-state index in [0.717, 1.165) is 22.4 Å². The number of hydrogen-bond donors (Lipinski definition) is 2. The Kier molecular flexibility index (Phi) is 6.27. The van der Waals surface area contributed by atoms with Gasteiger partial charge in [0.25, 0.3) is 5.89 Å². The molecule has 2 amide bonds. The normalized spacial score (nSPS) is 10.9. The third kappa shape index (κ3) is 5.30. The van der Waals surface area contributed by atoms with Crippen molar-refractivity contribution in [3.63, 3.8) is 0 Å². The maximum atomic E-state index is 13.1. The molecule has 0 aliphatic carbocycles. The molecule has 0 bridgehead atoms. The van der Waals surface area contributed by atoms with Gasteiger partial charge in [-0.05, 0) is 67.4 Å². The van der Waals surface area contributed by atoms with Crippen LogP contribution in [0, 0.1) is 19.7 Å². The summed E-state index contributed by atoms with van der Waals surface area (Å²) >= 11 is 0. The fourth-order valence-corrected chi connectivity index (χ4v) is 3.74. The number of nitrogens with one attached hydrogen (secondary N) is 2. The van der Waals surface area contributed by atoms with Crippen molar-refractivity contribution in [3.05, 3.63) is 102 Å². The second-order valence-electron chi connectivity index (χ2n) is 8.46. The Balaban J connectivity index is 1.19. The third-order valence-electron chi connectivity index (χ3n) is 5.59. The molecule has 3 aromatic carbocycles. The van der Waals surface area contributed by atoms with Gasteiger partial charge in [-0.25, -0.2) is 14.2 Å². The van der Waals surface area contributed by atoms with Crippen LogP contribution in [0.15, 0.2) is 83.8 Å². The lowest BCUT2D eigenvalue weighted by molar-refractivity contribution is 0.262. The number of hydrogen-bond acceptors (Lipinski definition) is 5. The van der Waals surface area contributed by atoms with E-state index < -0.39 is 0 Å². The molecule has 0 aliphatic rings. The van der Waals surface area contributed by atoms with E-state index in [0.29, 0.717) is 29.3 Å². The van der Waals surface area contributed by atoms with E-state index in [1.54, 1.807) is 18.5 Å². The fourth-order valence-electron chi connectivity index (χ4n) is 3.74. The lowest BCUT2D eigenvalue weighted by atomic mass is 10.1. The smallest absolute Gasteiger partial charge is 0.323 e. The quantitative estimate of drug-likeness (QED) is 0.307. The zero-order valence-electron chi connectivity index (χ0n) is 19.7. The Morgan fingerprint density at radius 3 is 2.53 bits per heavy atom. The molecule has 5 rings (SSSR count). The average molecular weight is 483 g/mol. The summed E-state index contributed by atoms with van der Waals surface area (Å²) < 4.78 is 20.4. The van der Waals surface area contributed by atoms with Gasteiger partial charge < -0.3 is 19.7 Å². The van der Waals surface area contributed by atoms with Crippen LogP contribution in [-0.2, 0) is 6.54 Å². The maximum Gasteiger partial charge on any atom is 0.323 e. The minimum absolute atomic E-state index is 0.280. The predicted octanol–water partition coefficient (Wildman–Crippen LogP) is 6.05. The van der Waals surface area contributed by atoms with Crippen molar-refractivity contribution in [1.29, 1.82) is 0 Å². The Morgan fingerprint density at radius 2 is 1.78 bits per heavy atom. The van der Waals surface area contributed by atoms with Crippen LogP contribution >= 0.6 is 0 Å². The van der Waals surface area contributed by atoms with Gasteiger partial charge in [0.1, 0.15) is 11.5 Å². The van der Waals surface area contributed by atoms with Crippen LogP contribution in [0.5, 0.6) is 0 Å². The number of benzene rings is 3. The zero-order valence-corrected chi connectivity index (χ0v) is 19.7. The van der Waals surface area contributed by atoms with Gasteiger partial charge in [-0.3, -0.25) is 0 Å². The number of rotatable bonds is 6. The van der Waals surface area contributed by atoms with Crippen molar-refractivity contribution in [2.24, 2.45) is 0 Å². The van der Waals surface area contributed by atoms with E-state index in [9.17, 15) is 9.18 Å². The van der Waals surface area contributed by atoms with Crippen LogP contribution in [-0.4, -0.2) is 25.7 Å². The topological polar surface area (TPSA) is 97.9 Å². The second kappa shape index (κ2) is 9.83. The predicted molar refractivity (Wildman–Crippen MR) is 135 cm³/mol. The average Bonchev–Trinajstić information content (AvgIpc) is 3.53. The van der Waals surface area contributed by atoms with E-state index in [2.05, 4.69) is 25.8 Å². The Labute approximate surface area is 206 Å². The molecule has 0 aliphatic heterocycles. The highest BCUT2D eigenvalue weighted by Gasteiger charge is 2.13. The highest BCUT2D eigenvalue weighted by Crippen LogP contribution is 2.22. The lowest BCUT2D eigenvalue weighted by Gasteiger charge is -2.11. The number of aromatic nitrogens is 4. The first-order valence-corrected chi connectivity index (χ1v) is 11.3. The molecule has 2 aromatic heterocycles. The molecule has 5 aromatic rings. The highest BCUT2D eigenvalue weighted by atomic mass is 19.1. The van der Waals surface area contributed by atoms with Gasteiger partial charge in [-0.2, -0.15) is 4.98 Å². The van der Waals surface area contributed by atoms with E-state index in [1.807, 2.05) is 67.1 Å². The van der Waals surface area contributed by atoms with Gasteiger partial charge in [0.15, 0.2) is 0 Å². The largest absolute Gasteiger partial charge is 0.332 e. The second-order valence-corrected chi connectivity index (χ2v) is 8.46. The number of nitrogens with zero attached hydrogens (tertiary/aromatic N) is 4. The zero-order chi connectivity index (χ0) is 25.1. The first-order chi connectivity index (χ1) is 17.4. The van der Waals surface area contributed by atoms with Gasteiger partial charge in [0.2, 0.25) is 5.82 Å². The molecule has 180 valence electrons. The van der Waals surface area contributed by atoms with Crippen LogP contribution in [0.3, 0.4) is 0 Å². The van der Waals surface area contributed by atoms with Crippen molar-refractivity contribution in [3.8, 4) is 23.0 Å². The van der Waals surface area contributed by atoms with Crippen molar-refractivity contribution < 1.29 is 13.7 Å². The Morgan fingerprint density at radius 1 is 1.00 bits per heavy atom. The van der Waals surface area contributed by atoms with Gasteiger partial charge in [0, 0.05) is 29.7 Å². The minimum Gasteiger partial charge on any atom is -0.332 e. The summed E-state index contributed by atoms with van der Waals surface area (Å²) in [5.74, 6) is 0.317. The molecule has 8 nitrogen and oxygen atoms in total. The van der Waals surface area contributed by atoms with Gasteiger partial charge in [0.05, 0.1) is 6.33 Å². The highest BCUT2D eigenvalue weighted by molar-refractivity contribution is 6.00. The van der Waals surface area contributed by atoms with Gasteiger partial charge in [-0.15, -0.1) is 0 Å². The third-order valence-corrected chi connectivity index (χ3v) is 5.59. The number of aryl methyl sites for hydroxylation is 2. The summed E-state index contributed by atoms with van der Waals surface area (Å²) in [6.45, 7) is 4.54. The number of carbonyl (C=O) groups excluding carboxylic acids is 1. The SMILES string of the molecule is Cc1ccc(NC(=O)Nc2ccc(Cn3cnc(-c4nc(-c5ccc(F)cc5)no4)c3)cc2)c(C)c1. The molecule has 2 N–H and O–H groups in total. The molecular formula is C27H23FN6O2. The lowest BCUT2D eigenvalue weighted by Crippen LogP contribution is -2.20. The van der Waals surface area contributed by atoms with Crippen LogP contribution in [0.1, 0.15) is 16.7 Å². The van der Waals surface area contributed by atoms with Crippen molar-refractivity contribution in [2.45, 2.75) is 20.4 Å². The number of carbonyl (C=O) groups is 1. The van der Waals surface area contributed by atoms with Crippen LogP contribution in [0.25, 0.3) is 23.0 Å². The summed E-state index contributed by atoms with van der Waals surface area (Å²) in [5.41, 5.74) is 5.83. The molecule has 0 spiro atoms.